The average Bonchev–Trinajstić information content (AvgIpc) is 2.56. The molecular formula is C12H23NO2S. The minimum atomic E-state index is -0.946. The number of thioether (sulfide) groups is 1. The Morgan fingerprint density at radius 3 is 2.88 bits per heavy atom. The molecule has 1 rings (SSSR count). The molecule has 0 aromatic carbocycles. The second kappa shape index (κ2) is 5.92. The van der Waals surface area contributed by atoms with Crippen molar-refractivity contribution >= 4 is 17.7 Å². The molecule has 0 aromatic rings. The van der Waals surface area contributed by atoms with Gasteiger partial charge in [0.15, 0.2) is 0 Å². The van der Waals surface area contributed by atoms with Gasteiger partial charge in [-0.2, -0.15) is 11.8 Å². The highest BCUT2D eigenvalue weighted by molar-refractivity contribution is 7.99. The predicted molar refractivity (Wildman–Crippen MR) is 68.7 cm³/mol. The summed E-state index contributed by atoms with van der Waals surface area (Å²) in [6.07, 6.45) is 3.52. The van der Waals surface area contributed by atoms with E-state index in [1.54, 1.807) is 0 Å². The van der Waals surface area contributed by atoms with Gasteiger partial charge >= 0.3 is 5.97 Å². The van der Waals surface area contributed by atoms with Crippen LogP contribution in [-0.2, 0) is 4.79 Å². The fourth-order valence-electron chi connectivity index (χ4n) is 2.33. The van der Waals surface area contributed by atoms with E-state index in [1.807, 2.05) is 11.8 Å². The highest BCUT2D eigenvalue weighted by atomic mass is 32.2. The van der Waals surface area contributed by atoms with Crippen molar-refractivity contribution in [1.29, 1.82) is 0 Å². The maximum absolute atomic E-state index is 11.1. The van der Waals surface area contributed by atoms with Crippen LogP contribution in [0.1, 0.15) is 39.5 Å². The van der Waals surface area contributed by atoms with Crippen molar-refractivity contribution in [2.75, 3.05) is 11.5 Å². The fraction of sp³-hybridized carbons (Fsp3) is 0.917. The quantitative estimate of drug-likeness (QED) is 0.705. The molecule has 2 unspecified atom stereocenters. The maximum Gasteiger partial charge on any atom is 0.323 e. The summed E-state index contributed by atoms with van der Waals surface area (Å²) in [4.78, 5) is 11.1. The highest BCUT2D eigenvalue weighted by Gasteiger charge is 2.45. The monoisotopic (exact) mass is 245 g/mol. The van der Waals surface area contributed by atoms with Crippen LogP contribution in [0.15, 0.2) is 0 Å². The highest BCUT2D eigenvalue weighted by Crippen LogP contribution is 2.37. The number of carbonyl (C=O) groups is 1. The molecule has 0 radical (unpaired) electrons. The van der Waals surface area contributed by atoms with Crippen LogP contribution in [0.3, 0.4) is 0 Å². The van der Waals surface area contributed by atoms with Gasteiger partial charge in [-0.1, -0.05) is 20.3 Å². The molecule has 1 saturated carbocycles. The number of carboxylic acids is 1. The Balaban J connectivity index is 2.33. The van der Waals surface area contributed by atoms with Gasteiger partial charge in [-0.15, -0.1) is 0 Å². The van der Waals surface area contributed by atoms with Gasteiger partial charge in [-0.3, -0.25) is 4.79 Å². The summed E-state index contributed by atoms with van der Waals surface area (Å²) in [5.74, 6) is 2.25. The summed E-state index contributed by atoms with van der Waals surface area (Å²) < 4.78 is 0. The van der Waals surface area contributed by atoms with E-state index in [4.69, 9.17) is 10.8 Å². The van der Waals surface area contributed by atoms with Crippen molar-refractivity contribution in [2.45, 2.75) is 45.1 Å². The van der Waals surface area contributed by atoms with Crippen LogP contribution in [0.25, 0.3) is 0 Å². The Morgan fingerprint density at radius 2 is 2.31 bits per heavy atom. The molecule has 0 heterocycles. The molecule has 0 bridgehead atoms. The van der Waals surface area contributed by atoms with Crippen molar-refractivity contribution in [1.82, 2.24) is 0 Å². The van der Waals surface area contributed by atoms with Gasteiger partial charge in [0.1, 0.15) is 5.54 Å². The standard InChI is InChI=1S/C12H23NO2S/c1-9(2)8-16-7-5-10-4-3-6-12(10,13)11(14)15/h9-10H,3-8,13H2,1-2H3,(H,14,15). The van der Waals surface area contributed by atoms with E-state index >= 15 is 0 Å². The summed E-state index contributed by atoms with van der Waals surface area (Å²) in [6, 6.07) is 0. The number of aliphatic carboxylic acids is 1. The van der Waals surface area contributed by atoms with Crippen LogP contribution < -0.4 is 5.73 Å². The Bertz CT molecular complexity index is 245. The molecular weight excluding hydrogens is 222 g/mol. The van der Waals surface area contributed by atoms with Gasteiger partial charge in [0.05, 0.1) is 0 Å². The topological polar surface area (TPSA) is 63.3 Å². The first kappa shape index (κ1) is 13.8. The summed E-state index contributed by atoms with van der Waals surface area (Å²) >= 11 is 1.91. The molecule has 0 amide bonds. The number of hydrogen-bond acceptors (Lipinski definition) is 3. The molecule has 1 aliphatic rings. The number of rotatable bonds is 6. The van der Waals surface area contributed by atoms with Crippen LogP contribution in [-0.4, -0.2) is 28.1 Å². The van der Waals surface area contributed by atoms with Crippen LogP contribution in [0.2, 0.25) is 0 Å². The summed E-state index contributed by atoms with van der Waals surface area (Å²) in [7, 11) is 0. The molecule has 2 atom stereocenters. The lowest BCUT2D eigenvalue weighted by Gasteiger charge is -2.26. The van der Waals surface area contributed by atoms with E-state index in [9.17, 15) is 4.79 Å². The molecule has 1 aliphatic carbocycles. The molecule has 94 valence electrons. The van der Waals surface area contributed by atoms with Crippen molar-refractivity contribution in [3.05, 3.63) is 0 Å². The Morgan fingerprint density at radius 1 is 1.62 bits per heavy atom. The van der Waals surface area contributed by atoms with Crippen LogP contribution >= 0.6 is 11.8 Å². The van der Waals surface area contributed by atoms with Crippen LogP contribution in [0, 0.1) is 11.8 Å². The third kappa shape index (κ3) is 3.39. The third-order valence-electron chi connectivity index (χ3n) is 3.33. The lowest BCUT2D eigenvalue weighted by atomic mass is 9.86. The van der Waals surface area contributed by atoms with Crippen molar-refractivity contribution in [3.63, 3.8) is 0 Å². The van der Waals surface area contributed by atoms with Gasteiger partial charge < -0.3 is 10.8 Å². The van der Waals surface area contributed by atoms with Crippen molar-refractivity contribution in [3.8, 4) is 0 Å². The zero-order valence-electron chi connectivity index (χ0n) is 10.2. The molecule has 0 saturated heterocycles. The number of carboxylic acid groups (broad SMARTS) is 1. The minimum Gasteiger partial charge on any atom is -0.480 e. The Kier molecular flexibility index (Phi) is 5.12. The smallest absolute Gasteiger partial charge is 0.323 e. The molecule has 4 heteroatoms. The molecule has 0 aromatic heterocycles. The fourth-order valence-corrected chi connectivity index (χ4v) is 3.42. The van der Waals surface area contributed by atoms with Gasteiger partial charge in [-0.25, -0.2) is 0 Å². The van der Waals surface area contributed by atoms with Crippen LogP contribution in [0.5, 0.6) is 0 Å². The molecule has 3 N–H and O–H groups in total. The third-order valence-corrected chi connectivity index (χ3v) is 4.76. The van der Waals surface area contributed by atoms with E-state index in [-0.39, 0.29) is 5.92 Å². The van der Waals surface area contributed by atoms with E-state index < -0.39 is 11.5 Å². The normalized spacial score (nSPS) is 29.9. The largest absolute Gasteiger partial charge is 0.480 e. The van der Waals surface area contributed by atoms with E-state index in [0.717, 1.165) is 30.8 Å². The second-order valence-corrected chi connectivity index (χ2v) is 6.34. The Hall–Kier alpha value is -0.220. The zero-order chi connectivity index (χ0) is 12.2. The first-order valence-electron chi connectivity index (χ1n) is 6.07. The van der Waals surface area contributed by atoms with Crippen LogP contribution in [0.4, 0.5) is 0 Å². The first-order valence-corrected chi connectivity index (χ1v) is 7.22. The second-order valence-electron chi connectivity index (χ2n) is 5.19. The van der Waals surface area contributed by atoms with E-state index in [0.29, 0.717) is 12.3 Å². The molecule has 16 heavy (non-hydrogen) atoms. The lowest BCUT2D eigenvalue weighted by molar-refractivity contribution is -0.144. The molecule has 1 fully saturated rings. The number of nitrogens with two attached hydrogens (primary N) is 1. The van der Waals surface area contributed by atoms with Gasteiger partial charge in [0.2, 0.25) is 0 Å². The van der Waals surface area contributed by atoms with Gasteiger partial charge in [0.25, 0.3) is 0 Å². The molecule has 3 nitrogen and oxygen atoms in total. The number of hydrogen-bond donors (Lipinski definition) is 2. The minimum absolute atomic E-state index is 0.171. The van der Waals surface area contributed by atoms with Crippen molar-refractivity contribution < 1.29 is 9.90 Å². The van der Waals surface area contributed by atoms with E-state index in [1.165, 1.54) is 0 Å². The van der Waals surface area contributed by atoms with E-state index in [2.05, 4.69) is 13.8 Å². The van der Waals surface area contributed by atoms with Gasteiger partial charge in [0, 0.05) is 0 Å². The van der Waals surface area contributed by atoms with Gasteiger partial charge in [-0.05, 0) is 42.6 Å². The SMILES string of the molecule is CC(C)CSCCC1CCCC1(N)C(=O)O. The summed E-state index contributed by atoms with van der Waals surface area (Å²) in [5, 5.41) is 9.16. The molecule has 0 aliphatic heterocycles. The molecule has 0 spiro atoms. The summed E-state index contributed by atoms with van der Waals surface area (Å²) in [5.41, 5.74) is 5.03. The predicted octanol–water partition coefficient (Wildman–Crippen LogP) is 2.35. The zero-order valence-corrected chi connectivity index (χ0v) is 11.1. The average molecular weight is 245 g/mol. The van der Waals surface area contributed by atoms with Crippen molar-refractivity contribution in [2.24, 2.45) is 17.6 Å². The maximum atomic E-state index is 11.1. The summed E-state index contributed by atoms with van der Waals surface area (Å²) in [6.45, 7) is 4.40. The first-order chi connectivity index (χ1) is 7.47. The lowest BCUT2D eigenvalue weighted by Crippen LogP contribution is -2.51. The Labute approximate surface area is 102 Å².